The Hall–Kier alpha value is -2.96. The summed E-state index contributed by atoms with van der Waals surface area (Å²) in [6.45, 7) is 1.63. The van der Waals surface area contributed by atoms with Crippen molar-refractivity contribution in [1.29, 1.82) is 0 Å². The number of rotatable bonds is 5. The molecular formula is C14H12N2O5. The van der Waals surface area contributed by atoms with Crippen LogP contribution in [0.5, 0.6) is 5.75 Å². The standard InChI is InChI=1S/C14H12N2O5/c1-10-8-12(6-7-13(10)15(17)18)21-9-11-4-2-3-5-14(11)16(19)20/h2-8H,9H2,1H3. The van der Waals surface area contributed by atoms with Gasteiger partial charge in [0.05, 0.1) is 15.4 Å². The van der Waals surface area contributed by atoms with Crippen LogP contribution in [-0.4, -0.2) is 9.85 Å². The van der Waals surface area contributed by atoms with Crippen molar-refractivity contribution in [2.75, 3.05) is 0 Å². The van der Waals surface area contributed by atoms with E-state index in [4.69, 9.17) is 4.74 Å². The topological polar surface area (TPSA) is 95.5 Å². The maximum absolute atomic E-state index is 10.9. The molecule has 0 bridgehead atoms. The number of hydrogen-bond donors (Lipinski definition) is 0. The van der Waals surface area contributed by atoms with Crippen molar-refractivity contribution >= 4 is 11.4 Å². The molecule has 7 heteroatoms. The van der Waals surface area contributed by atoms with E-state index in [0.29, 0.717) is 16.9 Å². The lowest BCUT2D eigenvalue weighted by atomic mass is 10.2. The van der Waals surface area contributed by atoms with Gasteiger partial charge in [0.1, 0.15) is 12.4 Å². The third kappa shape index (κ3) is 3.33. The predicted molar refractivity (Wildman–Crippen MR) is 75.3 cm³/mol. The zero-order chi connectivity index (χ0) is 15.4. The molecule has 0 aliphatic heterocycles. The zero-order valence-electron chi connectivity index (χ0n) is 11.2. The van der Waals surface area contributed by atoms with Crippen LogP contribution in [-0.2, 0) is 6.61 Å². The van der Waals surface area contributed by atoms with E-state index < -0.39 is 9.85 Å². The number of nitrogens with zero attached hydrogens (tertiary/aromatic N) is 2. The molecule has 0 aliphatic rings. The van der Waals surface area contributed by atoms with E-state index in [2.05, 4.69) is 0 Å². The average molecular weight is 288 g/mol. The van der Waals surface area contributed by atoms with Crippen molar-refractivity contribution < 1.29 is 14.6 Å². The molecule has 0 amide bonds. The molecule has 0 atom stereocenters. The van der Waals surface area contributed by atoms with Crippen molar-refractivity contribution in [3.05, 3.63) is 73.8 Å². The number of nitro benzene ring substituents is 2. The van der Waals surface area contributed by atoms with Gasteiger partial charge < -0.3 is 4.74 Å². The molecule has 2 aromatic rings. The minimum absolute atomic E-state index is 0.00745. The van der Waals surface area contributed by atoms with Gasteiger partial charge in [-0.2, -0.15) is 0 Å². The summed E-state index contributed by atoms with van der Waals surface area (Å²) in [7, 11) is 0. The first kappa shape index (κ1) is 14.4. The minimum Gasteiger partial charge on any atom is -0.489 e. The van der Waals surface area contributed by atoms with Crippen LogP contribution in [0.25, 0.3) is 0 Å². The summed E-state index contributed by atoms with van der Waals surface area (Å²) in [6.07, 6.45) is 0. The Balaban J connectivity index is 2.16. The molecule has 0 aromatic heterocycles. The average Bonchev–Trinajstić information content (AvgIpc) is 2.45. The van der Waals surface area contributed by atoms with Crippen LogP contribution in [0, 0.1) is 27.2 Å². The molecule has 0 fully saturated rings. The summed E-state index contributed by atoms with van der Waals surface area (Å²) in [6, 6.07) is 10.6. The second-order valence-electron chi connectivity index (χ2n) is 4.38. The van der Waals surface area contributed by atoms with E-state index >= 15 is 0 Å². The molecule has 0 heterocycles. The predicted octanol–water partition coefficient (Wildman–Crippen LogP) is 3.39. The van der Waals surface area contributed by atoms with Gasteiger partial charge in [-0.15, -0.1) is 0 Å². The fraction of sp³-hybridized carbons (Fsp3) is 0.143. The van der Waals surface area contributed by atoms with Gasteiger partial charge in [0.2, 0.25) is 0 Å². The summed E-state index contributed by atoms with van der Waals surface area (Å²) in [5.41, 5.74) is 0.905. The van der Waals surface area contributed by atoms with Crippen molar-refractivity contribution in [3.63, 3.8) is 0 Å². The minimum atomic E-state index is -0.472. The smallest absolute Gasteiger partial charge is 0.276 e. The molecule has 108 valence electrons. The first-order valence-corrected chi connectivity index (χ1v) is 6.09. The Bertz CT molecular complexity index is 700. The van der Waals surface area contributed by atoms with Crippen molar-refractivity contribution in [2.45, 2.75) is 13.5 Å². The monoisotopic (exact) mass is 288 g/mol. The molecule has 0 spiro atoms. The highest BCUT2D eigenvalue weighted by Crippen LogP contribution is 2.25. The quantitative estimate of drug-likeness (QED) is 0.620. The number of nitro groups is 2. The van der Waals surface area contributed by atoms with Crippen molar-refractivity contribution in [2.24, 2.45) is 0 Å². The van der Waals surface area contributed by atoms with Crippen LogP contribution in [0.4, 0.5) is 11.4 Å². The van der Waals surface area contributed by atoms with Crippen LogP contribution < -0.4 is 4.74 Å². The first-order valence-electron chi connectivity index (χ1n) is 6.09. The molecular weight excluding hydrogens is 276 g/mol. The van der Waals surface area contributed by atoms with Crippen molar-refractivity contribution in [3.8, 4) is 5.75 Å². The Morgan fingerprint density at radius 3 is 2.29 bits per heavy atom. The number of benzene rings is 2. The van der Waals surface area contributed by atoms with Crippen LogP contribution in [0.2, 0.25) is 0 Å². The highest BCUT2D eigenvalue weighted by molar-refractivity contribution is 5.45. The number of aryl methyl sites for hydroxylation is 1. The number of ether oxygens (including phenoxy) is 1. The maximum atomic E-state index is 10.9. The molecule has 0 unspecified atom stereocenters. The van der Waals surface area contributed by atoms with Gasteiger partial charge in [0.15, 0.2) is 0 Å². The van der Waals surface area contributed by atoms with Crippen LogP contribution in [0.15, 0.2) is 42.5 Å². The molecule has 0 saturated heterocycles. The van der Waals surface area contributed by atoms with Crippen LogP contribution in [0.3, 0.4) is 0 Å². The van der Waals surface area contributed by atoms with E-state index in [1.807, 2.05) is 0 Å². The second-order valence-corrected chi connectivity index (χ2v) is 4.38. The summed E-state index contributed by atoms with van der Waals surface area (Å²) in [5, 5.41) is 21.6. The second kappa shape index (κ2) is 6.00. The molecule has 7 nitrogen and oxygen atoms in total. The molecule has 2 rings (SSSR count). The highest BCUT2D eigenvalue weighted by Gasteiger charge is 2.14. The van der Waals surface area contributed by atoms with Gasteiger partial charge in [-0.3, -0.25) is 20.2 Å². The normalized spacial score (nSPS) is 10.1. The Labute approximate surface area is 120 Å². The Kier molecular flexibility index (Phi) is 4.13. The largest absolute Gasteiger partial charge is 0.489 e. The van der Waals surface area contributed by atoms with Crippen molar-refractivity contribution in [1.82, 2.24) is 0 Å². The third-order valence-corrected chi connectivity index (χ3v) is 2.95. The van der Waals surface area contributed by atoms with Gasteiger partial charge in [-0.1, -0.05) is 12.1 Å². The summed E-state index contributed by atoms with van der Waals surface area (Å²) < 4.78 is 5.47. The molecule has 21 heavy (non-hydrogen) atoms. The maximum Gasteiger partial charge on any atom is 0.276 e. The summed E-state index contributed by atoms with van der Waals surface area (Å²) in [4.78, 5) is 20.7. The fourth-order valence-electron chi connectivity index (χ4n) is 1.89. The number of para-hydroxylation sites is 1. The Morgan fingerprint density at radius 2 is 1.67 bits per heavy atom. The van der Waals surface area contributed by atoms with Gasteiger partial charge in [0.25, 0.3) is 11.4 Å². The lowest BCUT2D eigenvalue weighted by Crippen LogP contribution is -2.01. The van der Waals surface area contributed by atoms with Gasteiger partial charge in [-0.05, 0) is 25.1 Å². The lowest BCUT2D eigenvalue weighted by Gasteiger charge is -2.07. The molecule has 0 radical (unpaired) electrons. The lowest BCUT2D eigenvalue weighted by molar-refractivity contribution is -0.385. The summed E-state index contributed by atoms with van der Waals surface area (Å²) in [5.74, 6) is 0.427. The first-order chi connectivity index (χ1) is 9.99. The van der Waals surface area contributed by atoms with Crippen LogP contribution in [0.1, 0.15) is 11.1 Å². The zero-order valence-corrected chi connectivity index (χ0v) is 11.2. The van der Waals surface area contributed by atoms with Gasteiger partial charge in [0, 0.05) is 17.7 Å². The molecule has 0 saturated carbocycles. The van der Waals surface area contributed by atoms with E-state index in [1.165, 1.54) is 24.3 Å². The SMILES string of the molecule is Cc1cc(OCc2ccccc2[N+](=O)[O-])ccc1[N+](=O)[O-]. The van der Waals surface area contributed by atoms with Gasteiger partial charge >= 0.3 is 0 Å². The fourth-order valence-corrected chi connectivity index (χ4v) is 1.89. The van der Waals surface area contributed by atoms with E-state index in [1.54, 1.807) is 25.1 Å². The van der Waals surface area contributed by atoms with Crippen LogP contribution >= 0.6 is 0 Å². The molecule has 0 N–H and O–H groups in total. The van der Waals surface area contributed by atoms with E-state index in [0.717, 1.165) is 0 Å². The highest BCUT2D eigenvalue weighted by atomic mass is 16.6. The summed E-state index contributed by atoms with van der Waals surface area (Å²) >= 11 is 0. The molecule has 2 aromatic carbocycles. The Morgan fingerprint density at radius 1 is 1.00 bits per heavy atom. The molecule has 0 aliphatic carbocycles. The number of hydrogen-bond acceptors (Lipinski definition) is 5. The van der Waals surface area contributed by atoms with Gasteiger partial charge in [-0.25, -0.2) is 0 Å². The van der Waals surface area contributed by atoms with E-state index in [-0.39, 0.29) is 18.0 Å². The van der Waals surface area contributed by atoms with E-state index in [9.17, 15) is 20.2 Å². The third-order valence-electron chi connectivity index (χ3n) is 2.95.